The molecule has 0 saturated carbocycles. The molecular formula is C4H8F3NaO3S. The van der Waals surface area contributed by atoms with Crippen LogP contribution in [0.2, 0.25) is 0 Å². The van der Waals surface area contributed by atoms with E-state index in [1.165, 1.54) is 0 Å². The van der Waals surface area contributed by atoms with E-state index in [4.69, 9.17) is 4.55 Å². The molecular weight excluding hydrogens is 208 g/mol. The Morgan fingerprint density at radius 1 is 1.42 bits per heavy atom. The molecule has 70 valence electrons. The van der Waals surface area contributed by atoms with Crippen molar-refractivity contribution in [3.05, 3.63) is 12.7 Å². The van der Waals surface area contributed by atoms with E-state index in [1.54, 1.807) is 0 Å². The predicted molar refractivity (Wildman–Crippen MR) is 40.9 cm³/mol. The Bertz CT molecular complexity index is 189. The second-order valence-electron chi connectivity index (χ2n) is 1.28. The van der Waals surface area contributed by atoms with Gasteiger partial charge in [0.15, 0.2) is 0 Å². The quantitative estimate of drug-likeness (QED) is 0.417. The average molecular weight is 216 g/mol. The summed E-state index contributed by atoms with van der Waals surface area (Å²) in [7, 11) is -3.79. The molecule has 0 heterocycles. The molecule has 0 spiro atoms. The van der Waals surface area contributed by atoms with Crippen molar-refractivity contribution in [2.24, 2.45) is 0 Å². The maximum absolute atomic E-state index is 9.72. The van der Waals surface area contributed by atoms with Gasteiger partial charge >= 0.3 is 36.2 Å². The third-order valence-corrected chi connectivity index (χ3v) is 0.985. The van der Waals surface area contributed by atoms with Gasteiger partial charge in [-0.25, -0.2) is 0 Å². The molecule has 3 nitrogen and oxygen atoms in total. The Morgan fingerprint density at radius 3 is 1.67 bits per heavy atom. The second kappa shape index (κ2) is 9.53. The van der Waals surface area contributed by atoms with Crippen LogP contribution in [0.3, 0.4) is 0 Å². The molecule has 0 aliphatic heterocycles. The van der Waals surface area contributed by atoms with Gasteiger partial charge in [-0.15, -0.1) is 6.58 Å². The van der Waals surface area contributed by atoms with Crippen molar-refractivity contribution in [3.8, 4) is 0 Å². The molecule has 0 unspecified atom stereocenters. The summed E-state index contributed by atoms with van der Waals surface area (Å²) < 4.78 is 56.3. The summed E-state index contributed by atoms with van der Waals surface area (Å²) in [5.74, 6) is -0.368. The number of hydrogen-bond acceptors (Lipinski definition) is 2. The molecule has 0 radical (unpaired) electrons. The fraction of sp³-hybridized carbons (Fsp3) is 0.500. The third kappa shape index (κ3) is 47.2. The monoisotopic (exact) mass is 216 g/mol. The Kier molecular flexibility index (Phi) is 14.5. The van der Waals surface area contributed by atoms with Gasteiger partial charge in [-0.3, -0.25) is 4.55 Å². The van der Waals surface area contributed by atoms with Crippen molar-refractivity contribution in [1.29, 1.82) is 0 Å². The summed E-state index contributed by atoms with van der Waals surface area (Å²) in [5.41, 5.74) is 0. The van der Waals surface area contributed by atoms with E-state index in [1.807, 2.05) is 0 Å². The van der Waals surface area contributed by atoms with Gasteiger partial charge < -0.3 is 0 Å². The van der Waals surface area contributed by atoms with Gasteiger partial charge in [-0.05, 0) is 0 Å². The summed E-state index contributed by atoms with van der Waals surface area (Å²) in [5, 5.41) is 0. The number of alkyl halides is 3. The van der Waals surface area contributed by atoms with Crippen LogP contribution in [0.15, 0.2) is 12.7 Å². The zero-order chi connectivity index (χ0) is 9.49. The molecule has 0 aliphatic rings. The van der Waals surface area contributed by atoms with Gasteiger partial charge in [0.05, 0.1) is 5.75 Å². The fourth-order valence-corrected chi connectivity index (χ4v) is 0.447. The molecule has 0 bridgehead atoms. The fourth-order valence-electron chi connectivity index (χ4n) is 0.149. The summed E-state index contributed by atoms with van der Waals surface area (Å²) >= 11 is 0. The maximum atomic E-state index is 9.72. The van der Waals surface area contributed by atoms with Crippen LogP contribution in [0.25, 0.3) is 0 Å². The van der Waals surface area contributed by atoms with E-state index >= 15 is 0 Å². The molecule has 8 heteroatoms. The molecule has 0 aliphatic carbocycles. The minimum absolute atomic E-state index is 0. The average Bonchev–Trinajstić information content (AvgIpc) is 1.58. The molecule has 0 saturated heterocycles. The molecule has 0 aromatic rings. The number of hydrogen-bond donors (Lipinski definition) is 1. The van der Waals surface area contributed by atoms with E-state index in [2.05, 4.69) is 6.58 Å². The molecule has 1 N–H and O–H groups in total. The van der Waals surface area contributed by atoms with E-state index in [-0.39, 0.29) is 35.3 Å². The first kappa shape index (κ1) is 18.3. The van der Waals surface area contributed by atoms with Gasteiger partial charge in [-0.1, -0.05) is 6.08 Å². The minimum atomic E-state index is -3.79. The number of halogens is 3. The Labute approximate surface area is 90.7 Å². The summed E-state index contributed by atoms with van der Waals surface area (Å²) in [6.07, 6.45) is 1.12. The van der Waals surface area contributed by atoms with Gasteiger partial charge in [0.2, 0.25) is 0 Å². The first-order valence-electron chi connectivity index (χ1n) is 2.28. The second-order valence-corrected chi connectivity index (χ2v) is 2.78. The zero-order valence-electron chi connectivity index (χ0n) is 5.37. The van der Waals surface area contributed by atoms with Gasteiger partial charge in [0.1, 0.15) is 0 Å². The standard InChI is InChI=1S/C3H6O3S.CHF3.Na.H/c1-2-3-7(4,5)6;2-1(3)4;;/h2H,1,3H2,(H,4,5,6);1H;;. The topological polar surface area (TPSA) is 54.4 Å². The van der Waals surface area contributed by atoms with Crippen molar-refractivity contribution in [2.75, 3.05) is 5.75 Å². The molecule has 0 amide bonds. The third-order valence-electron chi connectivity index (χ3n) is 0.328. The summed E-state index contributed by atoms with van der Waals surface area (Å²) in [6, 6.07) is 0. The summed E-state index contributed by atoms with van der Waals surface area (Å²) in [4.78, 5) is 0. The van der Waals surface area contributed by atoms with Gasteiger partial charge in [0.25, 0.3) is 10.1 Å². The molecule has 0 aromatic carbocycles. The first-order chi connectivity index (χ1) is 4.79. The Balaban J connectivity index is -0.000000142. The number of rotatable bonds is 2. The first-order valence-corrected chi connectivity index (χ1v) is 3.88. The van der Waals surface area contributed by atoms with Crippen LogP contribution < -0.4 is 0 Å². The van der Waals surface area contributed by atoms with Crippen LogP contribution in [0.4, 0.5) is 13.2 Å². The van der Waals surface area contributed by atoms with Crippen molar-refractivity contribution < 1.29 is 26.1 Å². The van der Waals surface area contributed by atoms with Gasteiger partial charge in [-0.2, -0.15) is 21.6 Å². The van der Waals surface area contributed by atoms with E-state index < -0.39 is 16.8 Å². The van der Waals surface area contributed by atoms with Gasteiger partial charge in [0, 0.05) is 0 Å². The van der Waals surface area contributed by atoms with Crippen LogP contribution in [0.5, 0.6) is 0 Å². The normalized spacial score (nSPS) is 9.42. The van der Waals surface area contributed by atoms with Crippen LogP contribution in [-0.4, -0.2) is 55.0 Å². The predicted octanol–water partition coefficient (Wildman–Crippen LogP) is 0.590. The SMILES string of the molecule is C=CCS(=O)(=O)O.FC(F)F.[NaH]. The van der Waals surface area contributed by atoms with Crippen molar-refractivity contribution in [2.45, 2.75) is 6.68 Å². The van der Waals surface area contributed by atoms with Crippen LogP contribution in [0.1, 0.15) is 0 Å². The molecule has 0 aromatic heterocycles. The van der Waals surface area contributed by atoms with Crippen LogP contribution in [-0.2, 0) is 10.1 Å². The Morgan fingerprint density at radius 2 is 1.67 bits per heavy atom. The van der Waals surface area contributed by atoms with Crippen molar-refractivity contribution in [3.63, 3.8) is 0 Å². The van der Waals surface area contributed by atoms with Crippen LogP contribution in [0, 0.1) is 0 Å². The molecule has 12 heavy (non-hydrogen) atoms. The Hall–Kier alpha value is 0.440. The molecule has 0 atom stereocenters. The zero-order valence-corrected chi connectivity index (χ0v) is 6.19. The molecule has 0 rings (SSSR count). The van der Waals surface area contributed by atoms with Crippen molar-refractivity contribution >= 4 is 39.7 Å². The molecule has 0 fully saturated rings. The van der Waals surface area contributed by atoms with E-state index in [0.29, 0.717) is 0 Å². The van der Waals surface area contributed by atoms with E-state index in [9.17, 15) is 21.6 Å². The van der Waals surface area contributed by atoms with E-state index in [0.717, 1.165) is 6.08 Å². The van der Waals surface area contributed by atoms with Crippen molar-refractivity contribution in [1.82, 2.24) is 0 Å². The van der Waals surface area contributed by atoms with Crippen LogP contribution >= 0.6 is 0 Å². The summed E-state index contributed by atoms with van der Waals surface area (Å²) in [6.45, 7) is -0.560.